The summed E-state index contributed by atoms with van der Waals surface area (Å²) in [5, 5.41) is 9.96. The molecule has 3 aromatic rings. The van der Waals surface area contributed by atoms with Crippen molar-refractivity contribution < 1.29 is 27.3 Å². The number of carbonyl (C=O) groups is 2. The SMILES string of the molecule is CC1(c2ccsc2)NC(=O)N(Cc2nc(-c3ccc(C(F)(F)F)cc3)no2)C1=O. The van der Waals surface area contributed by atoms with Crippen LogP contribution in [0.25, 0.3) is 11.4 Å². The minimum atomic E-state index is -4.44. The Morgan fingerprint density at radius 1 is 1.21 bits per heavy atom. The molecule has 0 bridgehead atoms. The number of amides is 3. The van der Waals surface area contributed by atoms with Crippen LogP contribution in [0.3, 0.4) is 0 Å². The number of halogens is 3. The van der Waals surface area contributed by atoms with Crippen molar-refractivity contribution in [3.05, 3.63) is 58.1 Å². The quantitative estimate of drug-likeness (QED) is 0.647. The molecule has 11 heteroatoms. The molecular formula is C18H13F3N4O3S. The number of alkyl halides is 3. The van der Waals surface area contributed by atoms with Crippen LogP contribution < -0.4 is 5.32 Å². The first-order valence-corrected chi connectivity index (χ1v) is 9.30. The van der Waals surface area contributed by atoms with Gasteiger partial charge >= 0.3 is 12.2 Å². The summed E-state index contributed by atoms with van der Waals surface area (Å²) in [6.07, 6.45) is -4.44. The molecular weight excluding hydrogens is 409 g/mol. The van der Waals surface area contributed by atoms with Crippen molar-refractivity contribution >= 4 is 23.3 Å². The molecule has 29 heavy (non-hydrogen) atoms. The first-order valence-electron chi connectivity index (χ1n) is 8.35. The maximum atomic E-state index is 12.8. The van der Waals surface area contributed by atoms with Crippen LogP contribution in [0.1, 0.15) is 23.9 Å². The summed E-state index contributed by atoms with van der Waals surface area (Å²) < 4.78 is 43.1. The fourth-order valence-corrected chi connectivity index (χ4v) is 3.73. The molecule has 1 unspecified atom stereocenters. The molecule has 0 aliphatic carbocycles. The minimum absolute atomic E-state index is 0.0158. The van der Waals surface area contributed by atoms with Crippen molar-refractivity contribution in [1.82, 2.24) is 20.4 Å². The maximum absolute atomic E-state index is 12.8. The highest BCUT2D eigenvalue weighted by molar-refractivity contribution is 7.08. The lowest BCUT2D eigenvalue weighted by atomic mass is 9.95. The van der Waals surface area contributed by atoms with Gasteiger partial charge in [0.15, 0.2) is 0 Å². The smallest absolute Gasteiger partial charge is 0.337 e. The van der Waals surface area contributed by atoms with Crippen molar-refractivity contribution in [1.29, 1.82) is 0 Å². The van der Waals surface area contributed by atoms with Crippen LogP contribution in [0.2, 0.25) is 0 Å². The molecule has 0 saturated carbocycles. The lowest BCUT2D eigenvalue weighted by Gasteiger charge is -2.20. The summed E-state index contributed by atoms with van der Waals surface area (Å²) in [5.74, 6) is -0.422. The largest absolute Gasteiger partial charge is 0.416 e. The second-order valence-electron chi connectivity index (χ2n) is 6.55. The zero-order chi connectivity index (χ0) is 20.8. The Hall–Kier alpha value is -3.21. The maximum Gasteiger partial charge on any atom is 0.416 e. The third kappa shape index (κ3) is 3.37. The van der Waals surface area contributed by atoms with Crippen LogP contribution in [-0.2, 0) is 23.1 Å². The molecule has 150 valence electrons. The van der Waals surface area contributed by atoms with Gasteiger partial charge in [0.1, 0.15) is 12.1 Å². The Labute approximate surface area is 166 Å². The van der Waals surface area contributed by atoms with Crippen molar-refractivity contribution in [3.8, 4) is 11.4 Å². The molecule has 7 nitrogen and oxygen atoms in total. The van der Waals surface area contributed by atoms with Crippen LogP contribution >= 0.6 is 11.3 Å². The summed E-state index contributed by atoms with van der Waals surface area (Å²) in [5.41, 5.74) is -1.00. The molecule has 1 aliphatic heterocycles. The van der Waals surface area contributed by atoms with Gasteiger partial charge in [0.25, 0.3) is 5.91 Å². The van der Waals surface area contributed by atoms with Gasteiger partial charge in [-0.25, -0.2) is 4.79 Å². The molecule has 2 aromatic heterocycles. The number of hydrogen-bond donors (Lipinski definition) is 1. The van der Waals surface area contributed by atoms with E-state index in [0.717, 1.165) is 17.0 Å². The average Bonchev–Trinajstić information content (AvgIpc) is 3.40. The Bertz CT molecular complexity index is 1060. The van der Waals surface area contributed by atoms with Gasteiger partial charge in [-0.1, -0.05) is 17.3 Å². The van der Waals surface area contributed by atoms with E-state index in [1.807, 2.05) is 0 Å². The molecule has 1 aliphatic rings. The normalized spacial score (nSPS) is 19.7. The summed E-state index contributed by atoms with van der Waals surface area (Å²) in [6, 6.07) is 5.42. The summed E-state index contributed by atoms with van der Waals surface area (Å²) >= 11 is 1.40. The Morgan fingerprint density at radius 3 is 2.55 bits per heavy atom. The number of benzene rings is 1. The molecule has 1 atom stereocenters. The second kappa shape index (κ2) is 6.69. The van der Waals surface area contributed by atoms with E-state index in [2.05, 4.69) is 15.5 Å². The third-order valence-corrected chi connectivity index (χ3v) is 5.29. The molecule has 1 fully saturated rings. The lowest BCUT2D eigenvalue weighted by Crippen LogP contribution is -2.40. The van der Waals surface area contributed by atoms with Crippen LogP contribution in [0.15, 0.2) is 45.6 Å². The molecule has 1 N–H and O–H groups in total. The molecule has 1 aromatic carbocycles. The van der Waals surface area contributed by atoms with E-state index in [4.69, 9.17) is 4.52 Å². The van der Waals surface area contributed by atoms with E-state index < -0.39 is 29.2 Å². The molecule has 1 saturated heterocycles. The fraction of sp³-hybridized carbons (Fsp3) is 0.222. The number of hydrogen-bond acceptors (Lipinski definition) is 6. The van der Waals surface area contributed by atoms with E-state index >= 15 is 0 Å². The number of nitrogens with zero attached hydrogens (tertiary/aromatic N) is 3. The highest BCUT2D eigenvalue weighted by Crippen LogP contribution is 2.32. The van der Waals surface area contributed by atoms with E-state index in [-0.39, 0.29) is 18.3 Å². The van der Waals surface area contributed by atoms with Crippen molar-refractivity contribution in [3.63, 3.8) is 0 Å². The van der Waals surface area contributed by atoms with Crippen molar-refractivity contribution in [2.75, 3.05) is 0 Å². The monoisotopic (exact) mass is 422 g/mol. The summed E-state index contributed by atoms with van der Waals surface area (Å²) in [7, 11) is 0. The molecule has 0 spiro atoms. The van der Waals surface area contributed by atoms with Gasteiger partial charge in [0, 0.05) is 5.56 Å². The first-order chi connectivity index (χ1) is 13.7. The van der Waals surface area contributed by atoms with E-state index in [1.54, 1.807) is 23.8 Å². The Balaban J connectivity index is 1.52. The number of urea groups is 1. The number of nitrogens with one attached hydrogen (secondary N) is 1. The van der Waals surface area contributed by atoms with Crippen LogP contribution in [-0.4, -0.2) is 27.0 Å². The van der Waals surface area contributed by atoms with Gasteiger partial charge in [0.05, 0.1) is 5.56 Å². The second-order valence-corrected chi connectivity index (χ2v) is 7.33. The molecule has 4 rings (SSSR count). The zero-order valence-corrected chi connectivity index (χ0v) is 15.7. The van der Waals surface area contributed by atoms with Gasteiger partial charge in [-0.05, 0) is 41.4 Å². The van der Waals surface area contributed by atoms with E-state index in [1.165, 1.54) is 23.5 Å². The van der Waals surface area contributed by atoms with Crippen molar-refractivity contribution in [2.24, 2.45) is 0 Å². The molecule has 3 amide bonds. The number of aromatic nitrogens is 2. The van der Waals surface area contributed by atoms with Gasteiger partial charge in [-0.3, -0.25) is 9.69 Å². The number of rotatable bonds is 4. The van der Waals surface area contributed by atoms with Gasteiger partial charge in [-0.15, -0.1) is 0 Å². The van der Waals surface area contributed by atoms with Gasteiger partial charge < -0.3 is 9.84 Å². The van der Waals surface area contributed by atoms with Gasteiger partial charge in [0.2, 0.25) is 11.7 Å². The van der Waals surface area contributed by atoms with Crippen molar-refractivity contribution in [2.45, 2.75) is 25.2 Å². The standard InChI is InChI=1S/C18H13F3N4O3S/c1-17(12-6-7-29-9-12)15(26)25(16(27)23-17)8-13-22-14(24-28-13)10-2-4-11(5-3-10)18(19,20)21/h2-7,9H,8H2,1H3,(H,23,27). The predicted octanol–water partition coefficient (Wildman–Crippen LogP) is 3.78. The molecule has 0 radical (unpaired) electrons. The van der Waals surface area contributed by atoms with Crippen LogP contribution in [0, 0.1) is 0 Å². The zero-order valence-electron chi connectivity index (χ0n) is 14.9. The average molecular weight is 422 g/mol. The van der Waals surface area contributed by atoms with Crippen LogP contribution in [0.4, 0.5) is 18.0 Å². The molecule has 3 heterocycles. The topological polar surface area (TPSA) is 88.3 Å². The minimum Gasteiger partial charge on any atom is -0.337 e. The Kier molecular flexibility index (Phi) is 4.41. The first kappa shape index (κ1) is 19.1. The number of thiophene rings is 1. The number of imide groups is 1. The highest BCUT2D eigenvalue weighted by atomic mass is 32.1. The predicted molar refractivity (Wildman–Crippen MR) is 95.5 cm³/mol. The van der Waals surface area contributed by atoms with Crippen LogP contribution in [0.5, 0.6) is 0 Å². The number of carbonyl (C=O) groups excluding carboxylic acids is 2. The third-order valence-electron chi connectivity index (χ3n) is 4.61. The lowest BCUT2D eigenvalue weighted by molar-refractivity contribution is -0.137. The van der Waals surface area contributed by atoms with Gasteiger partial charge in [-0.2, -0.15) is 29.5 Å². The van der Waals surface area contributed by atoms with E-state index in [9.17, 15) is 22.8 Å². The fourth-order valence-electron chi connectivity index (χ4n) is 2.97. The Morgan fingerprint density at radius 2 is 1.93 bits per heavy atom. The summed E-state index contributed by atoms with van der Waals surface area (Å²) in [6.45, 7) is 1.36. The van der Waals surface area contributed by atoms with E-state index in [0.29, 0.717) is 11.1 Å². The highest BCUT2D eigenvalue weighted by Gasteiger charge is 2.49. The summed E-state index contributed by atoms with van der Waals surface area (Å²) in [4.78, 5) is 30.2.